The van der Waals surface area contributed by atoms with Gasteiger partial charge in [-0.05, 0) is 42.2 Å². The van der Waals surface area contributed by atoms with E-state index in [1.54, 1.807) is 11.3 Å². The van der Waals surface area contributed by atoms with E-state index in [0.717, 1.165) is 31.3 Å². The molecule has 134 valence electrons. The number of carbonyl (C=O) groups is 1. The number of hydrogen-bond donors (Lipinski definition) is 0. The van der Waals surface area contributed by atoms with Crippen molar-refractivity contribution in [1.29, 1.82) is 0 Å². The number of rotatable bonds is 0. The zero-order valence-electron chi connectivity index (χ0n) is 15.6. The summed E-state index contributed by atoms with van der Waals surface area (Å²) in [4.78, 5) is 19.6. The standard InChI is InChI=1S/C23H25NOS/c1-22(2)12-16-11-18-21(26-14-24-18)23(20(16)19(25)13-22)10-6-5-8-15-7-3-4-9-17(15)23/h3-4,7,9,14H,5-6,8,10-13H2,1-2H3/t23-/m1/s1. The van der Waals surface area contributed by atoms with Crippen molar-refractivity contribution in [1.82, 2.24) is 4.98 Å². The van der Waals surface area contributed by atoms with Crippen molar-refractivity contribution in [2.24, 2.45) is 5.41 Å². The molecule has 1 spiro atoms. The van der Waals surface area contributed by atoms with E-state index in [2.05, 4.69) is 38.1 Å². The molecule has 0 saturated heterocycles. The highest BCUT2D eigenvalue weighted by Crippen LogP contribution is 2.56. The van der Waals surface area contributed by atoms with E-state index in [1.165, 1.54) is 40.1 Å². The van der Waals surface area contributed by atoms with Crippen molar-refractivity contribution in [3.63, 3.8) is 0 Å². The van der Waals surface area contributed by atoms with Gasteiger partial charge in [-0.3, -0.25) is 4.79 Å². The van der Waals surface area contributed by atoms with Gasteiger partial charge in [-0.25, -0.2) is 4.98 Å². The Morgan fingerprint density at radius 3 is 2.85 bits per heavy atom. The molecule has 0 aliphatic heterocycles. The van der Waals surface area contributed by atoms with Crippen LogP contribution in [0.25, 0.3) is 0 Å². The zero-order valence-corrected chi connectivity index (χ0v) is 16.4. The number of allylic oxidation sites excluding steroid dienone is 2. The fourth-order valence-electron chi connectivity index (χ4n) is 5.69. The second-order valence-electron chi connectivity index (χ2n) is 8.99. The Kier molecular flexibility index (Phi) is 3.56. The molecule has 2 aromatic rings. The third-order valence-corrected chi connectivity index (χ3v) is 7.56. The van der Waals surface area contributed by atoms with Crippen LogP contribution in [0.5, 0.6) is 0 Å². The van der Waals surface area contributed by atoms with Crippen molar-refractivity contribution in [3.05, 3.63) is 62.6 Å². The van der Waals surface area contributed by atoms with Gasteiger partial charge < -0.3 is 0 Å². The minimum atomic E-state index is -0.245. The van der Waals surface area contributed by atoms with Gasteiger partial charge in [0.25, 0.3) is 0 Å². The lowest BCUT2D eigenvalue weighted by molar-refractivity contribution is -0.118. The number of carbonyl (C=O) groups excluding carboxylic acids is 1. The Balaban J connectivity index is 1.85. The Bertz CT molecular complexity index is 935. The predicted molar refractivity (Wildman–Crippen MR) is 106 cm³/mol. The summed E-state index contributed by atoms with van der Waals surface area (Å²) in [6.45, 7) is 4.47. The van der Waals surface area contributed by atoms with Gasteiger partial charge in [0.1, 0.15) is 0 Å². The first-order valence-electron chi connectivity index (χ1n) is 9.78. The molecule has 1 aromatic carbocycles. The monoisotopic (exact) mass is 363 g/mol. The molecule has 0 unspecified atom stereocenters. The minimum absolute atomic E-state index is 0.0644. The molecular formula is C23H25NOS. The highest BCUT2D eigenvalue weighted by Gasteiger charge is 2.51. The van der Waals surface area contributed by atoms with Gasteiger partial charge in [-0.15, -0.1) is 11.3 Å². The van der Waals surface area contributed by atoms with Gasteiger partial charge in [0.2, 0.25) is 0 Å². The Hall–Kier alpha value is -1.74. The fourth-order valence-corrected chi connectivity index (χ4v) is 6.75. The van der Waals surface area contributed by atoms with Crippen LogP contribution in [0.15, 0.2) is 40.9 Å². The molecule has 1 aromatic heterocycles. The summed E-state index contributed by atoms with van der Waals surface area (Å²) in [6.07, 6.45) is 7.10. The minimum Gasteiger partial charge on any atom is -0.294 e. The van der Waals surface area contributed by atoms with Crippen LogP contribution in [0.3, 0.4) is 0 Å². The normalized spacial score (nSPS) is 26.9. The molecule has 5 rings (SSSR count). The van der Waals surface area contributed by atoms with Crippen LogP contribution in [0.1, 0.15) is 67.6 Å². The number of thiazole rings is 1. The van der Waals surface area contributed by atoms with Gasteiger partial charge in [-0.1, -0.05) is 50.1 Å². The SMILES string of the molecule is CC1(C)CC(=O)C2=C(Cc3ncsc3[C@@]23CCCCc2ccccc23)C1. The van der Waals surface area contributed by atoms with Crippen LogP contribution in [0.2, 0.25) is 0 Å². The van der Waals surface area contributed by atoms with Gasteiger partial charge in [0, 0.05) is 23.3 Å². The number of aromatic nitrogens is 1. The zero-order chi connectivity index (χ0) is 17.9. The molecule has 0 fully saturated rings. The van der Waals surface area contributed by atoms with E-state index in [-0.39, 0.29) is 10.8 Å². The molecule has 1 atom stereocenters. The number of benzene rings is 1. The summed E-state index contributed by atoms with van der Waals surface area (Å²) in [7, 11) is 0. The third-order valence-electron chi connectivity index (χ3n) is 6.52. The number of aryl methyl sites for hydroxylation is 1. The van der Waals surface area contributed by atoms with Crippen LogP contribution < -0.4 is 0 Å². The van der Waals surface area contributed by atoms with Crippen LogP contribution in [0, 0.1) is 5.41 Å². The Labute approximate surface area is 159 Å². The Morgan fingerprint density at radius 1 is 1.12 bits per heavy atom. The first-order chi connectivity index (χ1) is 12.5. The molecule has 0 N–H and O–H groups in total. The largest absolute Gasteiger partial charge is 0.294 e. The summed E-state index contributed by atoms with van der Waals surface area (Å²) in [6, 6.07) is 8.86. The molecule has 1 heterocycles. The van der Waals surface area contributed by atoms with Crippen LogP contribution in [0.4, 0.5) is 0 Å². The van der Waals surface area contributed by atoms with Crippen molar-refractivity contribution in [3.8, 4) is 0 Å². The van der Waals surface area contributed by atoms with Gasteiger partial charge >= 0.3 is 0 Å². The Morgan fingerprint density at radius 2 is 1.96 bits per heavy atom. The summed E-state index contributed by atoms with van der Waals surface area (Å²) < 4.78 is 0. The molecular weight excluding hydrogens is 338 g/mol. The quantitative estimate of drug-likeness (QED) is 0.627. The van der Waals surface area contributed by atoms with Gasteiger partial charge in [0.05, 0.1) is 16.6 Å². The second kappa shape index (κ2) is 5.63. The molecule has 3 heteroatoms. The van der Waals surface area contributed by atoms with Crippen molar-refractivity contribution in [2.45, 2.75) is 64.2 Å². The molecule has 0 saturated carbocycles. The first kappa shape index (κ1) is 16.4. The van der Waals surface area contributed by atoms with E-state index in [9.17, 15) is 4.79 Å². The molecule has 0 bridgehead atoms. The molecule has 0 radical (unpaired) electrons. The van der Waals surface area contributed by atoms with E-state index in [0.29, 0.717) is 12.2 Å². The maximum Gasteiger partial charge on any atom is 0.160 e. The van der Waals surface area contributed by atoms with E-state index in [1.807, 2.05) is 5.51 Å². The van der Waals surface area contributed by atoms with Crippen molar-refractivity contribution < 1.29 is 4.79 Å². The van der Waals surface area contributed by atoms with Gasteiger partial charge in [-0.2, -0.15) is 0 Å². The maximum absolute atomic E-state index is 13.5. The molecule has 26 heavy (non-hydrogen) atoms. The van der Waals surface area contributed by atoms with Crippen LogP contribution in [-0.2, 0) is 23.1 Å². The average Bonchev–Trinajstić information content (AvgIpc) is 2.98. The van der Waals surface area contributed by atoms with E-state index in [4.69, 9.17) is 4.98 Å². The van der Waals surface area contributed by atoms with Crippen molar-refractivity contribution in [2.75, 3.05) is 0 Å². The van der Waals surface area contributed by atoms with E-state index < -0.39 is 0 Å². The van der Waals surface area contributed by atoms with Crippen LogP contribution >= 0.6 is 11.3 Å². The smallest absolute Gasteiger partial charge is 0.160 e. The molecule has 3 aliphatic rings. The van der Waals surface area contributed by atoms with E-state index >= 15 is 0 Å². The van der Waals surface area contributed by atoms with Crippen LogP contribution in [-0.4, -0.2) is 10.8 Å². The summed E-state index contributed by atoms with van der Waals surface area (Å²) in [5, 5.41) is 0. The lowest BCUT2D eigenvalue weighted by atomic mass is 9.58. The summed E-state index contributed by atoms with van der Waals surface area (Å²) in [5.74, 6) is 0.381. The third kappa shape index (κ3) is 2.22. The summed E-state index contributed by atoms with van der Waals surface area (Å²) >= 11 is 1.76. The number of Topliss-reactive ketones (excluding diaryl/α,β-unsaturated/α-hetero) is 1. The lowest BCUT2D eigenvalue weighted by Crippen LogP contribution is -2.42. The average molecular weight is 364 g/mol. The number of fused-ring (bicyclic) bond motifs is 5. The maximum atomic E-state index is 13.5. The predicted octanol–water partition coefficient (Wildman–Crippen LogP) is 5.40. The highest BCUT2D eigenvalue weighted by atomic mass is 32.1. The number of nitrogens with zero attached hydrogens (tertiary/aromatic N) is 1. The molecule has 3 aliphatic carbocycles. The topological polar surface area (TPSA) is 30.0 Å². The lowest BCUT2D eigenvalue weighted by Gasteiger charge is -2.45. The summed E-state index contributed by atoms with van der Waals surface area (Å²) in [5.41, 5.74) is 8.34. The van der Waals surface area contributed by atoms with Gasteiger partial charge in [0.15, 0.2) is 5.78 Å². The molecule has 0 amide bonds. The van der Waals surface area contributed by atoms with Crippen molar-refractivity contribution >= 4 is 17.1 Å². The number of hydrogen-bond acceptors (Lipinski definition) is 3. The number of ketones is 1. The highest BCUT2D eigenvalue weighted by molar-refractivity contribution is 7.10. The molecule has 2 nitrogen and oxygen atoms in total. The first-order valence-corrected chi connectivity index (χ1v) is 10.7. The fraction of sp³-hybridized carbons (Fsp3) is 0.478. The second-order valence-corrected chi connectivity index (χ2v) is 9.85.